The Kier molecular flexibility index (Phi) is 10.5. The van der Waals surface area contributed by atoms with Crippen molar-refractivity contribution in [1.82, 2.24) is 0 Å². The Morgan fingerprint density at radius 1 is 0.769 bits per heavy atom. The van der Waals surface area contributed by atoms with Gasteiger partial charge in [0, 0.05) is 0 Å². The van der Waals surface area contributed by atoms with Gasteiger partial charge in [-0.3, -0.25) is 0 Å². The van der Waals surface area contributed by atoms with E-state index in [4.69, 9.17) is 10.6 Å². The molecular weight excluding hydrogens is 550 g/mol. The molecular formula is C36H49GeNP. The van der Waals surface area contributed by atoms with Crippen molar-refractivity contribution in [2.24, 2.45) is 3.95 Å². The van der Waals surface area contributed by atoms with Crippen molar-refractivity contribution in [1.29, 1.82) is 0 Å². The van der Waals surface area contributed by atoms with Crippen molar-refractivity contribution in [3.8, 4) is 0 Å². The SMILES string of the molecule is [CH]P(/C(=[N]\[Ge]([c]1c(C(C)C)cc(C(C)C)cc1C(C)C)[C](C)(C)C)c1ccccc1)c1c(C)cc(C)cc1C. The monoisotopic (exact) mass is 600 g/mol. The van der Waals surface area contributed by atoms with E-state index in [0.29, 0.717) is 17.8 Å². The molecule has 0 saturated heterocycles. The van der Waals surface area contributed by atoms with Gasteiger partial charge in [0.1, 0.15) is 0 Å². The molecule has 0 amide bonds. The number of aryl methyl sites for hydroxylation is 3. The number of nitrogens with zero attached hydrogens (tertiary/aromatic N) is 1. The Morgan fingerprint density at radius 2 is 1.26 bits per heavy atom. The predicted octanol–water partition coefficient (Wildman–Crippen LogP) is 9.90. The molecule has 1 unspecified atom stereocenters. The quantitative estimate of drug-likeness (QED) is 0.139. The molecule has 0 fully saturated rings. The summed E-state index contributed by atoms with van der Waals surface area (Å²) in [6.07, 6.45) is 0. The molecule has 0 spiro atoms. The molecule has 0 aromatic heterocycles. The zero-order valence-corrected chi connectivity index (χ0v) is 29.4. The van der Waals surface area contributed by atoms with Gasteiger partial charge in [0.2, 0.25) is 0 Å². The Morgan fingerprint density at radius 3 is 1.67 bits per heavy atom. The van der Waals surface area contributed by atoms with Crippen LogP contribution in [0.4, 0.5) is 0 Å². The van der Waals surface area contributed by atoms with E-state index in [0.717, 1.165) is 11.0 Å². The van der Waals surface area contributed by atoms with Gasteiger partial charge in [-0.1, -0.05) is 0 Å². The van der Waals surface area contributed by atoms with E-state index < -0.39 is 22.5 Å². The first-order chi connectivity index (χ1) is 18.1. The van der Waals surface area contributed by atoms with E-state index >= 15 is 0 Å². The molecule has 0 N–H and O–H groups in total. The van der Waals surface area contributed by atoms with Crippen LogP contribution in [0.25, 0.3) is 0 Å². The van der Waals surface area contributed by atoms with Crippen LogP contribution in [0.15, 0.2) is 58.5 Å². The molecule has 0 aliphatic rings. The Balaban J connectivity index is 2.41. The predicted molar refractivity (Wildman–Crippen MR) is 178 cm³/mol. The van der Waals surface area contributed by atoms with E-state index in [1.54, 1.807) is 4.40 Å². The van der Waals surface area contributed by atoms with Gasteiger partial charge in [-0.2, -0.15) is 0 Å². The molecule has 3 heteroatoms. The normalized spacial score (nSPS) is 13.7. The van der Waals surface area contributed by atoms with Crippen LogP contribution < -0.4 is 9.70 Å². The van der Waals surface area contributed by atoms with Crippen molar-refractivity contribution >= 4 is 37.6 Å². The summed E-state index contributed by atoms with van der Waals surface area (Å²) in [6, 6.07) is 20.3. The van der Waals surface area contributed by atoms with Crippen molar-refractivity contribution in [2.45, 2.75) is 105 Å². The van der Waals surface area contributed by atoms with E-state index in [1.807, 2.05) is 0 Å². The van der Waals surface area contributed by atoms with Crippen molar-refractivity contribution in [2.75, 3.05) is 0 Å². The summed E-state index contributed by atoms with van der Waals surface area (Å²) in [6.45, 7) is 35.1. The van der Waals surface area contributed by atoms with Crippen molar-refractivity contribution in [3.05, 3.63) is 100 Å². The third kappa shape index (κ3) is 7.34. The summed E-state index contributed by atoms with van der Waals surface area (Å²) < 4.78 is 7.55. The van der Waals surface area contributed by atoms with Gasteiger partial charge in [-0.25, -0.2) is 0 Å². The third-order valence-corrected chi connectivity index (χ3v) is 16.0. The second kappa shape index (κ2) is 12.9. The van der Waals surface area contributed by atoms with Gasteiger partial charge < -0.3 is 0 Å². The molecule has 3 aromatic rings. The van der Waals surface area contributed by atoms with E-state index in [9.17, 15) is 0 Å². The first-order valence-corrected chi connectivity index (χ1v) is 18.9. The first kappa shape index (κ1) is 31.8. The minimum atomic E-state index is -2.33. The van der Waals surface area contributed by atoms with Gasteiger partial charge in [0.05, 0.1) is 0 Å². The molecule has 0 saturated carbocycles. The minimum absolute atomic E-state index is 0.0696. The molecule has 1 atom stereocenters. The van der Waals surface area contributed by atoms with E-state index in [2.05, 4.69) is 138 Å². The summed E-state index contributed by atoms with van der Waals surface area (Å²) in [5.41, 5.74) is 10.5. The Labute approximate surface area is 246 Å². The van der Waals surface area contributed by atoms with Gasteiger partial charge in [0.25, 0.3) is 0 Å². The Hall–Kier alpha value is -1.70. The molecule has 0 bridgehead atoms. The fourth-order valence-electron chi connectivity index (χ4n) is 5.44. The van der Waals surface area contributed by atoms with E-state index in [-0.39, 0.29) is 4.25 Å². The average Bonchev–Trinajstić information content (AvgIpc) is 2.82. The Bertz CT molecular complexity index is 1260. The molecule has 39 heavy (non-hydrogen) atoms. The van der Waals surface area contributed by atoms with Gasteiger partial charge in [0.15, 0.2) is 0 Å². The molecule has 0 aliphatic heterocycles. The zero-order valence-electron chi connectivity index (χ0n) is 26.4. The van der Waals surface area contributed by atoms with Crippen LogP contribution in [-0.4, -0.2) is 20.0 Å². The van der Waals surface area contributed by atoms with Crippen LogP contribution in [-0.2, 0) is 0 Å². The summed E-state index contributed by atoms with van der Waals surface area (Å²) in [5.74, 6) is 1.38. The molecule has 3 rings (SSSR count). The molecule has 3 aromatic carbocycles. The zero-order chi connectivity index (χ0) is 29.2. The van der Waals surface area contributed by atoms with Crippen LogP contribution in [0.5, 0.6) is 0 Å². The molecule has 207 valence electrons. The van der Waals surface area contributed by atoms with Gasteiger partial charge in [-0.15, -0.1) is 0 Å². The second-order valence-corrected chi connectivity index (χ2v) is 20.8. The first-order valence-electron chi connectivity index (χ1n) is 14.5. The van der Waals surface area contributed by atoms with E-state index in [1.165, 1.54) is 38.7 Å². The van der Waals surface area contributed by atoms with Crippen LogP contribution >= 0.6 is 7.92 Å². The summed E-state index contributed by atoms with van der Waals surface area (Å²) in [7, 11) is -1.11. The van der Waals surface area contributed by atoms with Crippen molar-refractivity contribution in [3.63, 3.8) is 0 Å². The number of hydrogen-bond donors (Lipinski definition) is 0. The number of benzene rings is 3. The summed E-state index contributed by atoms with van der Waals surface area (Å²) in [4.78, 5) is 0. The summed E-state index contributed by atoms with van der Waals surface area (Å²) in [5, 5.41) is 1.27. The average molecular weight is 599 g/mol. The number of hydrogen-bond acceptors (Lipinski definition) is 1. The van der Waals surface area contributed by atoms with Crippen molar-refractivity contribution < 1.29 is 0 Å². The molecule has 0 heterocycles. The van der Waals surface area contributed by atoms with Gasteiger partial charge >= 0.3 is 247 Å². The standard InChI is InChI=1S/C36H49GeNP/c1-23(2)30-21-31(24(3)4)33(32(22-30)25(5)6)37(36(10,11)12)38-35(29-17-15-14-16-18-29)39(13)34-27(8)19-26(7)20-28(34)9/h13-25H,1-12H3/b38-35-. The maximum absolute atomic E-state index is 7.31. The maximum atomic E-state index is 7.31. The molecule has 0 aliphatic carbocycles. The van der Waals surface area contributed by atoms with Crippen LogP contribution in [0, 0.1) is 27.4 Å². The molecule has 1 nitrogen and oxygen atoms in total. The van der Waals surface area contributed by atoms with Gasteiger partial charge in [-0.05, 0) is 0 Å². The second-order valence-electron chi connectivity index (χ2n) is 13.1. The topological polar surface area (TPSA) is 12.4 Å². The molecule has 3 radical (unpaired) electrons. The third-order valence-electron chi connectivity index (χ3n) is 7.43. The van der Waals surface area contributed by atoms with Crippen LogP contribution in [0.3, 0.4) is 0 Å². The van der Waals surface area contributed by atoms with Crippen LogP contribution in [0.2, 0.25) is 4.25 Å². The van der Waals surface area contributed by atoms with Crippen LogP contribution in [0.1, 0.15) is 119 Å². The summed E-state index contributed by atoms with van der Waals surface area (Å²) >= 11 is -2.33. The fourth-order valence-corrected chi connectivity index (χ4v) is 14.2. The fraction of sp³-hybridized carbons (Fsp3) is 0.444. The number of rotatable bonds is 8.